The number of carbonyl (C=O) groups is 1. The van der Waals surface area contributed by atoms with Gasteiger partial charge in [-0.3, -0.25) is 4.79 Å². The van der Waals surface area contributed by atoms with Crippen molar-refractivity contribution in [1.29, 1.82) is 0 Å². The second-order valence-corrected chi connectivity index (χ2v) is 17.6. The summed E-state index contributed by atoms with van der Waals surface area (Å²) >= 11 is 6.47. The molecule has 2 aliphatic heterocycles. The third-order valence-electron chi connectivity index (χ3n) is 12.3. The molecule has 1 fully saturated rings. The van der Waals surface area contributed by atoms with Gasteiger partial charge in [-0.15, -0.1) is 0 Å². The summed E-state index contributed by atoms with van der Waals surface area (Å²) < 4.78 is 48.2. The molecule has 1 N–H and O–H groups in total. The molecule has 0 saturated heterocycles. The minimum absolute atomic E-state index is 0.164. The van der Waals surface area contributed by atoms with Crippen molar-refractivity contribution in [3.8, 4) is 5.75 Å². The Balaban J connectivity index is 1.34. The lowest BCUT2D eigenvalue weighted by atomic mass is 9.62. The summed E-state index contributed by atoms with van der Waals surface area (Å²) in [5, 5.41) is 4.37. The number of aromatic nitrogens is 1. The third kappa shape index (κ3) is 6.26. The fourth-order valence-electron chi connectivity index (χ4n) is 8.73. The van der Waals surface area contributed by atoms with E-state index in [4.69, 9.17) is 25.6 Å². The summed E-state index contributed by atoms with van der Waals surface area (Å²) in [6, 6.07) is 11.5. The molecular weight excluding hydrogens is 674 g/mol. The van der Waals surface area contributed by atoms with Crippen molar-refractivity contribution >= 4 is 33.2 Å². The molecule has 7 rings (SSSR count). The van der Waals surface area contributed by atoms with Gasteiger partial charge in [0.15, 0.2) is 0 Å². The van der Waals surface area contributed by atoms with Crippen molar-refractivity contribution in [2.75, 3.05) is 31.7 Å². The fourth-order valence-corrected chi connectivity index (χ4v) is 10.2. The Morgan fingerprint density at radius 2 is 1.96 bits per heavy atom. The Hall–Kier alpha value is -3.34. The molecule has 50 heavy (non-hydrogen) atoms. The van der Waals surface area contributed by atoms with E-state index in [0.717, 1.165) is 66.4 Å². The smallest absolute Gasteiger partial charge is 0.264 e. The molecule has 0 radical (unpaired) electrons. The van der Waals surface area contributed by atoms with Crippen LogP contribution in [0.2, 0.25) is 5.02 Å². The maximum absolute atomic E-state index is 13.6. The van der Waals surface area contributed by atoms with E-state index in [1.807, 2.05) is 39.0 Å². The number of anilines is 1. The SMILES string of the molecule is CO[C@]1(Cc2noc(C)c2C)/C=C\C[C@H](C)[C@@H](C)S(=O)(=O)NC(=O)c2ccc3c(c2)N(C[C@@H]2CC[C@H]21)C[C@@]1(CCCc2cc(Cl)ccc21)CO3. The molecule has 2 aliphatic carbocycles. The lowest BCUT2D eigenvalue weighted by Crippen LogP contribution is -2.54. The Labute approximate surface area is 300 Å². The van der Waals surface area contributed by atoms with E-state index in [1.54, 1.807) is 20.1 Å². The zero-order chi connectivity index (χ0) is 35.4. The molecule has 11 heteroatoms. The van der Waals surface area contributed by atoms with E-state index >= 15 is 0 Å². The quantitative estimate of drug-likeness (QED) is 0.285. The van der Waals surface area contributed by atoms with E-state index in [-0.39, 0.29) is 28.7 Å². The zero-order valence-electron chi connectivity index (χ0n) is 29.6. The van der Waals surface area contributed by atoms with Crippen LogP contribution in [0.5, 0.6) is 5.75 Å². The Kier molecular flexibility index (Phi) is 9.35. The summed E-state index contributed by atoms with van der Waals surface area (Å²) in [4.78, 5) is 16.0. The first kappa shape index (κ1) is 35.1. The number of rotatable bonds is 3. The van der Waals surface area contributed by atoms with Crippen LogP contribution in [0.25, 0.3) is 0 Å². The number of carbonyl (C=O) groups excluding carboxylic acids is 1. The molecule has 9 nitrogen and oxygen atoms in total. The van der Waals surface area contributed by atoms with Crippen LogP contribution in [0.3, 0.4) is 0 Å². The maximum Gasteiger partial charge on any atom is 0.264 e. The monoisotopic (exact) mass is 721 g/mol. The summed E-state index contributed by atoms with van der Waals surface area (Å²) in [6.45, 7) is 9.42. The van der Waals surface area contributed by atoms with Gasteiger partial charge in [-0.2, -0.15) is 0 Å². The molecule has 1 spiro atoms. The number of ether oxygens (including phenoxy) is 2. The first-order valence-corrected chi connectivity index (χ1v) is 19.8. The van der Waals surface area contributed by atoms with Gasteiger partial charge in [0.1, 0.15) is 11.5 Å². The van der Waals surface area contributed by atoms with Crippen LogP contribution in [0.4, 0.5) is 5.69 Å². The highest BCUT2D eigenvalue weighted by molar-refractivity contribution is 7.90. The predicted octanol–water partition coefficient (Wildman–Crippen LogP) is 7.12. The van der Waals surface area contributed by atoms with Crippen molar-refractivity contribution in [3.05, 3.63) is 87.3 Å². The van der Waals surface area contributed by atoms with E-state index < -0.39 is 26.8 Å². The third-order valence-corrected chi connectivity index (χ3v) is 14.5. The average molecular weight is 722 g/mol. The van der Waals surface area contributed by atoms with Gasteiger partial charge in [0.2, 0.25) is 10.0 Å². The van der Waals surface area contributed by atoms with Gasteiger partial charge in [0.05, 0.1) is 28.8 Å². The number of sulfonamides is 1. The van der Waals surface area contributed by atoms with E-state index in [1.165, 1.54) is 11.1 Å². The van der Waals surface area contributed by atoms with Crippen LogP contribution in [-0.2, 0) is 33.0 Å². The Bertz CT molecular complexity index is 1930. The number of fused-ring (bicyclic) bond motifs is 4. The highest BCUT2D eigenvalue weighted by atomic mass is 35.5. The van der Waals surface area contributed by atoms with Crippen LogP contribution >= 0.6 is 11.6 Å². The van der Waals surface area contributed by atoms with Crippen LogP contribution in [0.15, 0.2) is 53.1 Å². The minimum Gasteiger partial charge on any atom is -0.490 e. The van der Waals surface area contributed by atoms with Crippen molar-refractivity contribution in [2.24, 2.45) is 17.8 Å². The molecule has 1 aromatic heterocycles. The number of benzene rings is 2. The van der Waals surface area contributed by atoms with E-state index in [9.17, 15) is 13.2 Å². The van der Waals surface area contributed by atoms with Crippen LogP contribution in [0.1, 0.15) is 84.5 Å². The summed E-state index contributed by atoms with van der Waals surface area (Å²) in [6.07, 6.45) is 10.2. The first-order chi connectivity index (χ1) is 23.8. The van der Waals surface area contributed by atoms with Gasteiger partial charge in [-0.05, 0) is 119 Å². The average Bonchev–Trinajstić information content (AvgIpc) is 3.30. The summed E-state index contributed by atoms with van der Waals surface area (Å²) in [5.74, 6) is 1.02. The number of aryl methyl sites for hydroxylation is 2. The van der Waals surface area contributed by atoms with Crippen molar-refractivity contribution in [3.63, 3.8) is 0 Å². The number of allylic oxidation sites excluding steroid dienone is 1. The normalized spacial score (nSPS) is 31.4. The van der Waals surface area contributed by atoms with E-state index in [0.29, 0.717) is 31.7 Å². The lowest BCUT2D eigenvalue weighted by Gasteiger charge is -2.50. The van der Waals surface area contributed by atoms with Crippen LogP contribution < -0.4 is 14.4 Å². The molecule has 4 aliphatic rings. The van der Waals surface area contributed by atoms with Gasteiger partial charge < -0.3 is 18.9 Å². The molecule has 6 atom stereocenters. The summed E-state index contributed by atoms with van der Waals surface area (Å²) in [5.41, 5.74) is 4.52. The zero-order valence-corrected chi connectivity index (χ0v) is 31.2. The summed E-state index contributed by atoms with van der Waals surface area (Å²) in [7, 11) is -2.20. The standard InChI is InChI=1S/C39H48ClN3O6S/c1-24-8-6-17-39(47-5,20-34-25(2)26(3)49-41-34)33-13-10-30(33)21-43-22-38(16-7-9-28-18-31(40)12-14-32(28)38)23-48-36-15-11-29(19-35(36)43)37(44)42-50(45,46)27(24)4/h6,11-12,14-15,17-19,24,27,30,33H,7-10,13,16,20-23H2,1-5H3,(H,42,44)/b17-6-/t24-,27+,30-,33+,38-,39-/m0/s1. The van der Waals surface area contributed by atoms with E-state index in [2.05, 4.69) is 39.1 Å². The number of halogens is 1. The first-order valence-electron chi connectivity index (χ1n) is 17.9. The Morgan fingerprint density at radius 3 is 2.68 bits per heavy atom. The maximum atomic E-state index is 13.6. The molecule has 0 unspecified atom stereocenters. The minimum atomic E-state index is -3.97. The topological polar surface area (TPSA) is 111 Å². The number of nitrogens with one attached hydrogen (secondary N) is 1. The molecule has 1 saturated carbocycles. The van der Waals surface area contributed by atoms with Crippen LogP contribution in [-0.4, -0.2) is 57.1 Å². The molecule has 3 heterocycles. The second kappa shape index (κ2) is 13.3. The van der Waals surface area contributed by atoms with Crippen molar-refractivity contribution < 1.29 is 27.2 Å². The second-order valence-electron chi connectivity index (χ2n) is 15.2. The molecule has 3 aromatic rings. The molecule has 2 aromatic carbocycles. The van der Waals surface area contributed by atoms with Crippen molar-refractivity contribution in [2.45, 2.75) is 88.9 Å². The molecular formula is C39H48ClN3O6S. The largest absolute Gasteiger partial charge is 0.490 e. The van der Waals surface area contributed by atoms with Gasteiger partial charge in [0.25, 0.3) is 5.91 Å². The number of methoxy groups -OCH3 is 1. The number of hydrogen-bond donors (Lipinski definition) is 1. The van der Waals surface area contributed by atoms with Gasteiger partial charge in [-0.1, -0.05) is 41.9 Å². The lowest BCUT2D eigenvalue weighted by molar-refractivity contribution is -0.0754. The molecule has 1 amide bonds. The van der Waals surface area contributed by atoms with Crippen LogP contribution in [0, 0.1) is 31.6 Å². The number of hydrogen-bond acceptors (Lipinski definition) is 8. The van der Waals surface area contributed by atoms with Gasteiger partial charge in [-0.25, -0.2) is 13.1 Å². The van der Waals surface area contributed by atoms with Crippen molar-refractivity contribution in [1.82, 2.24) is 9.88 Å². The highest BCUT2D eigenvalue weighted by Crippen LogP contribution is 2.50. The number of amides is 1. The highest BCUT2D eigenvalue weighted by Gasteiger charge is 2.49. The predicted molar refractivity (Wildman–Crippen MR) is 195 cm³/mol. The molecule has 2 bridgehead atoms. The number of nitrogens with zero attached hydrogens (tertiary/aromatic N) is 2. The van der Waals surface area contributed by atoms with Gasteiger partial charge in [0, 0.05) is 48.2 Å². The van der Waals surface area contributed by atoms with Gasteiger partial charge >= 0.3 is 0 Å². The fraction of sp³-hybridized carbons (Fsp3) is 0.538. The molecule has 268 valence electrons. The Morgan fingerprint density at radius 1 is 1.14 bits per heavy atom.